The topological polar surface area (TPSA) is 357 Å². The Labute approximate surface area is 734 Å². The van der Waals surface area contributed by atoms with E-state index >= 15 is 35.1 Å². The number of carboxylic acids is 1. The number of hydrogen-bond donors (Lipinski definition) is 12. The van der Waals surface area contributed by atoms with Gasteiger partial charge in [0.05, 0.1) is 24.4 Å². The average Bonchev–Trinajstić information content (AvgIpc) is 1.37. The summed E-state index contributed by atoms with van der Waals surface area (Å²) in [6.45, 7) is 28.1. The van der Waals surface area contributed by atoms with Gasteiger partial charge in [0, 0.05) is 73.5 Å². The van der Waals surface area contributed by atoms with Crippen molar-refractivity contribution in [3.8, 4) is 0 Å². The molecule has 1 amide bonds. The predicted molar refractivity (Wildman–Crippen MR) is 455 cm³/mol. The van der Waals surface area contributed by atoms with Gasteiger partial charge in [-0.25, -0.2) is 44.3 Å². The number of thioether (sulfide) groups is 2. The number of carbonyl (C=O) groups is 8. The molecule has 36 atom stereocenters. The number of carboxylic acid groups (broad SMARTS) is 1. The Balaban J connectivity index is 0.000000157. The number of hydrogen-bond acceptors (Lipinski definition) is 20. The molecule has 0 aromatic carbocycles. The van der Waals surface area contributed by atoms with Crippen molar-refractivity contribution in [1.82, 2.24) is 5.32 Å². The number of rotatable bonds is 7. The van der Waals surface area contributed by atoms with E-state index in [-0.39, 0.29) is 103 Å². The number of alkyl halides is 9. The number of fused-ring (bicyclic) bond motifs is 20. The van der Waals surface area contributed by atoms with E-state index in [0.29, 0.717) is 36.9 Å². The number of nitrogens with two attached hydrogens (primary N) is 1. The third-order valence-electron chi connectivity index (χ3n) is 34.9. The molecule has 0 aliphatic heterocycles. The molecule has 0 radical (unpaired) electrons. The standard InChI is InChI=1S/C23H31F2NO4.C23H30F2O4S.C22H27F3O4S.C21H26F2O5.C2H7N.C2H6S/c1-5-26-19(29)23(30)12(2)8-14-15-10-17(24)16-9-13(27)6-7-20(16,3)22(15,25)18(28)11-21(14,23)4;1-5-30-19(28)23(29)12(2)8-14-15-10-17(24)16-9-13(26)6-7-20(16,3)22(15,25)18(27)11-21(14,23)4;1-11-6-13-14-8-16(24)15-7-12(26)4-5-19(15,2)21(14,25)17(27)9-20(13,3)22(11,29)18(28)30-10-23;1-10-6-12-13-8-15(22)14-7-11(24)4-5-18(14,2)20(13,23)16(25)9-19(12,3)21(10,28)17(26)27;2*1-2-3/h6-7,9,12,14-15,17-18,28,30H,5,8,10-11H2,1-4H3,(H,26,29);6-7,9,12,14-15,17-18,27,29H,5,8,10-11H2,1-4H3;4-5,7,11,13-14,16-17,27,29H,6,8-10H2,1-3H3;4-5,7,10,12-13,15-16,25,28H,6,8-9H2,1-3H3,(H,26,27);2-3H2,1H3;3H,2H2,1H3/t2*12-,14+,15+,17+,18+,20+,21+,22+,23+;11-,13+,14+,16+,17+,19+,20+,21+,22+;10-,12+,13+,15+,16+,18+,19+,20+,21+;;/m1111../s1. The molecule has 12 N–H and O–H groups in total. The number of ketones is 4. The van der Waals surface area contributed by atoms with Crippen molar-refractivity contribution in [2.45, 2.75) is 282 Å². The summed E-state index contributed by atoms with van der Waals surface area (Å²) in [5.41, 5.74) is -22.0. The molecule has 0 aromatic heterocycles. The highest BCUT2D eigenvalue weighted by molar-refractivity contribution is 8.14. The Morgan fingerprint density at radius 1 is 0.427 bits per heavy atom. The van der Waals surface area contributed by atoms with E-state index in [0.717, 1.165) is 48.4 Å². The molecule has 0 spiro atoms. The van der Waals surface area contributed by atoms with Crippen molar-refractivity contribution in [2.75, 3.05) is 30.6 Å². The molecule has 16 aliphatic rings. The number of aliphatic hydroxyl groups is 8. The fourth-order valence-electron chi connectivity index (χ4n) is 28.7. The zero-order valence-corrected chi connectivity index (χ0v) is 76.1. The molecular formula is C93H127F9N2O17S3. The Hall–Kier alpha value is -5.06. The zero-order valence-electron chi connectivity index (χ0n) is 73.5. The van der Waals surface area contributed by atoms with E-state index in [9.17, 15) is 88.7 Å². The van der Waals surface area contributed by atoms with E-state index in [2.05, 4.69) is 17.9 Å². The van der Waals surface area contributed by atoms with Crippen LogP contribution >= 0.6 is 36.2 Å². The Morgan fingerprint density at radius 2 is 0.653 bits per heavy atom. The summed E-state index contributed by atoms with van der Waals surface area (Å²) < 4.78 is 142. The minimum absolute atomic E-state index is 0.0287. The number of halogens is 9. The quantitative estimate of drug-likeness (QED) is 0.0832. The third-order valence-corrected chi connectivity index (χ3v) is 36.5. The number of carbonyl (C=O) groups excluding carboxylic acids is 7. The Morgan fingerprint density at radius 3 is 0.887 bits per heavy atom. The van der Waals surface area contributed by atoms with E-state index in [4.69, 9.17) is 5.73 Å². The summed E-state index contributed by atoms with van der Waals surface area (Å²) in [5, 5.41) is 102. The van der Waals surface area contributed by atoms with Crippen LogP contribution in [0.15, 0.2) is 95.2 Å². The summed E-state index contributed by atoms with van der Waals surface area (Å²) in [5.74, 6) is -10.1. The second kappa shape index (κ2) is 33.6. The summed E-state index contributed by atoms with van der Waals surface area (Å²) in [6.07, 6.45) is 2.23. The molecule has 0 bridgehead atoms. The van der Waals surface area contributed by atoms with E-state index in [1.54, 1.807) is 76.2 Å². The summed E-state index contributed by atoms with van der Waals surface area (Å²) >= 11 is 5.20. The van der Waals surface area contributed by atoms with Crippen LogP contribution in [0.1, 0.15) is 188 Å². The molecular weight excluding hydrogens is 1680 g/mol. The lowest BCUT2D eigenvalue weighted by Gasteiger charge is -2.63. The third kappa shape index (κ3) is 13.3. The second-order valence-corrected chi connectivity index (χ2v) is 42.9. The van der Waals surface area contributed by atoms with Crippen molar-refractivity contribution < 1.29 is 124 Å². The van der Waals surface area contributed by atoms with Gasteiger partial charge in [0.15, 0.2) is 57.0 Å². The fraction of sp³-hybridized carbons (Fsp3) is 0.742. The highest BCUT2D eigenvalue weighted by atomic mass is 32.2. The van der Waals surface area contributed by atoms with Gasteiger partial charge >= 0.3 is 5.97 Å². The first-order valence-corrected chi connectivity index (χ1v) is 46.4. The van der Waals surface area contributed by atoms with Gasteiger partial charge in [-0.1, -0.05) is 124 Å². The first-order valence-electron chi connectivity index (χ1n) is 43.8. The Bertz CT molecular complexity index is 4220. The molecule has 0 unspecified atom stereocenters. The van der Waals surface area contributed by atoms with Crippen molar-refractivity contribution in [2.24, 2.45) is 120 Å². The first-order chi connectivity index (χ1) is 57.3. The molecule has 16 aliphatic carbocycles. The van der Waals surface area contributed by atoms with Crippen LogP contribution in [0.2, 0.25) is 0 Å². The molecule has 124 heavy (non-hydrogen) atoms. The van der Waals surface area contributed by atoms with Gasteiger partial charge in [0.25, 0.3) is 5.91 Å². The van der Waals surface area contributed by atoms with Gasteiger partial charge in [-0.15, -0.1) is 0 Å². The normalized spacial score (nSPS) is 50.7. The van der Waals surface area contributed by atoms with Crippen LogP contribution in [0.25, 0.3) is 0 Å². The molecule has 0 aromatic rings. The van der Waals surface area contributed by atoms with Crippen molar-refractivity contribution in [3.05, 3.63) is 95.2 Å². The maximum Gasteiger partial charge on any atom is 0.336 e. The van der Waals surface area contributed by atoms with Crippen molar-refractivity contribution in [1.29, 1.82) is 0 Å². The minimum atomic E-state index is -2.26. The number of thiol groups is 1. The van der Waals surface area contributed by atoms with E-state index < -0.39 is 243 Å². The van der Waals surface area contributed by atoms with Crippen molar-refractivity contribution >= 4 is 81.4 Å². The van der Waals surface area contributed by atoms with Crippen LogP contribution in [0.4, 0.5) is 39.5 Å². The average molecular weight is 1810 g/mol. The number of aliphatic hydroxyl groups excluding tert-OH is 4. The molecule has 16 rings (SSSR count). The van der Waals surface area contributed by atoms with Crippen LogP contribution in [-0.4, -0.2) is 216 Å². The minimum Gasteiger partial charge on any atom is -0.479 e. The SMILES string of the molecule is CCN.CCNC(=O)[C@@]1(O)[C@H](C)C[C@H]2[C@@H]3C[C@H](F)C4=CC(=O)C=C[C@]4(C)[C@@]3(F)[C@@H](O)C[C@@]21C.CCS.CCSC(=O)[C@@]1(O)[C@H](C)C[C@H]2[C@@H]3C[C@H](F)C4=CC(=O)C=C[C@]4(C)[C@@]3(F)[C@@H](O)C[C@@]21C.C[C@@H]1C[C@H]2[C@@H]3C[C@H](F)C4=CC(=O)C=C[C@]4(C)[C@@]3(F)[C@@H](O)C[C@]2(C)[C@@]1(O)C(=O)O.C[C@@H]1C[C@H]2[C@@H]3C[C@H](F)C4=CC(=O)C=C[C@]4(C)[C@@]3(F)[C@@H](O)C[C@]2(C)[C@@]1(O)C(=O)SCF. The Kier molecular flexibility index (Phi) is 27.0. The summed E-state index contributed by atoms with van der Waals surface area (Å²) in [7, 11) is 0. The smallest absolute Gasteiger partial charge is 0.336 e. The van der Waals surface area contributed by atoms with Gasteiger partial charge in [-0.3, -0.25) is 33.6 Å². The van der Waals surface area contributed by atoms with Gasteiger partial charge < -0.3 is 57.0 Å². The molecule has 0 heterocycles. The number of aliphatic carboxylic acids is 1. The maximum absolute atomic E-state index is 17.0. The lowest BCUT2D eigenvalue weighted by atomic mass is 9.44. The summed E-state index contributed by atoms with van der Waals surface area (Å²) in [6, 6.07) is -0.995. The van der Waals surface area contributed by atoms with Gasteiger partial charge in [-0.2, -0.15) is 12.6 Å². The predicted octanol–water partition coefficient (Wildman–Crippen LogP) is 12.7. The second-order valence-electron chi connectivity index (χ2n) is 40.2. The molecule has 31 heteroatoms. The van der Waals surface area contributed by atoms with Crippen molar-refractivity contribution in [3.63, 3.8) is 0 Å². The molecule has 12 saturated carbocycles. The number of nitrogens with one attached hydrogen (secondary N) is 1. The van der Waals surface area contributed by atoms with Crippen LogP contribution in [0, 0.1) is 114 Å². The monoisotopic (exact) mass is 1810 g/mol. The lowest BCUT2D eigenvalue weighted by Crippen LogP contribution is -2.71. The van der Waals surface area contributed by atoms with E-state index in [1.165, 1.54) is 62.5 Å². The fourth-order valence-corrected chi connectivity index (χ4v) is 30.3. The van der Waals surface area contributed by atoms with Crippen LogP contribution in [-0.2, 0) is 38.4 Å². The number of allylic oxidation sites excluding steroid dienone is 16. The largest absolute Gasteiger partial charge is 0.479 e. The highest BCUT2D eigenvalue weighted by Crippen LogP contribution is 2.77. The van der Waals surface area contributed by atoms with Crippen LogP contribution in [0.5, 0.6) is 0 Å². The maximum atomic E-state index is 17.0. The molecule has 692 valence electrons. The molecule has 19 nitrogen and oxygen atoms in total. The van der Waals surface area contributed by atoms with Crippen LogP contribution < -0.4 is 11.1 Å². The zero-order chi connectivity index (χ0) is 93.1. The lowest BCUT2D eigenvalue weighted by molar-refractivity contribution is -0.229. The first kappa shape index (κ1) is 99.5. The van der Waals surface area contributed by atoms with E-state index in [1.807, 2.05) is 20.8 Å². The van der Waals surface area contributed by atoms with Gasteiger partial charge in [-0.05, 0) is 248 Å². The molecule has 12 fully saturated rings. The highest BCUT2D eigenvalue weighted by Gasteiger charge is 2.82. The number of amides is 1. The molecule has 0 saturated heterocycles. The number of likely N-dealkylation sites (N-methyl/N-ethyl adjacent to an activating group) is 1. The van der Waals surface area contributed by atoms with Crippen LogP contribution in [0.3, 0.4) is 0 Å². The summed E-state index contributed by atoms with van der Waals surface area (Å²) in [4.78, 5) is 97.9. The van der Waals surface area contributed by atoms with Gasteiger partial charge in [0.1, 0.15) is 41.9 Å². The van der Waals surface area contributed by atoms with Gasteiger partial charge in [0.2, 0.25) is 10.2 Å².